The second-order valence-electron chi connectivity index (χ2n) is 4.03. The van der Waals surface area contributed by atoms with Crippen LogP contribution in [0.5, 0.6) is 0 Å². The lowest BCUT2D eigenvalue weighted by atomic mass is 10.0. The molecule has 3 N–H and O–H groups in total. The number of nitrogens with one attached hydrogen (secondary N) is 1. The highest BCUT2D eigenvalue weighted by Gasteiger charge is 2.30. The molecule has 0 aliphatic heterocycles. The molecule has 5 nitrogen and oxygen atoms in total. The molecular formula is C10H16N4O. The van der Waals surface area contributed by atoms with E-state index in [0.29, 0.717) is 0 Å². The van der Waals surface area contributed by atoms with Crippen molar-refractivity contribution in [2.45, 2.75) is 25.3 Å². The molecule has 1 aliphatic carbocycles. The molecular weight excluding hydrogens is 192 g/mol. The van der Waals surface area contributed by atoms with Crippen molar-refractivity contribution < 1.29 is 4.79 Å². The molecule has 1 amide bonds. The topological polar surface area (TPSA) is 72.9 Å². The van der Waals surface area contributed by atoms with Crippen LogP contribution in [-0.4, -0.2) is 21.7 Å². The zero-order chi connectivity index (χ0) is 10.8. The van der Waals surface area contributed by atoms with Gasteiger partial charge in [0, 0.05) is 19.2 Å². The van der Waals surface area contributed by atoms with E-state index in [9.17, 15) is 4.79 Å². The van der Waals surface area contributed by atoms with Crippen molar-refractivity contribution >= 4 is 11.7 Å². The molecule has 0 bridgehead atoms. The number of carbonyl (C=O) groups is 1. The first-order valence-electron chi connectivity index (χ1n) is 5.23. The van der Waals surface area contributed by atoms with Crippen LogP contribution in [0.3, 0.4) is 0 Å². The number of hydrogen-bond acceptors (Lipinski definition) is 3. The predicted octanol–water partition coefficient (Wildman–Crippen LogP) is 0.486. The normalized spacial score (nSPS) is 25.5. The molecule has 0 radical (unpaired) electrons. The van der Waals surface area contributed by atoms with E-state index in [1.807, 2.05) is 0 Å². The standard InChI is InChI=1S/C10H16N4O/c1-14-9(5-6-12-14)13-10(15)7-3-2-4-8(7)11/h5-8H,2-4,11H2,1H3,(H,13,15). The molecule has 82 valence electrons. The van der Waals surface area contributed by atoms with Gasteiger partial charge < -0.3 is 11.1 Å². The van der Waals surface area contributed by atoms with Crippen molar-refractivity contribution in [2.24, 2.45) is 18.7 Å². The zero-order valence-corrected chi connectivity index (χ0v) is 8.81. The van der Waals surface area contributed by atoms with E-state index in [2.05, 4.69) is 10.4 Å². The number of amides is 1. The molecule has 1 heterocycles. The molecule has 1 saturated carbocycles. The van der Waals surface area contributed by atoms with E-state index < -0.39 is 0 Å². The smallest absolute Gasteiger partial charge is 0.230 e. The molecule has 0 aromatic carbocycles. The highest BCUT2D eigenvalue weighted by Crippen LogP contribution is 2.25. The average molecular weight is 208 g/mol. The second-order valence-corrected chi connectivity index (χ2v) is 4.03. The molecule has 1 aromatic heterocycles. The highest BCUT2D eigenvalue weighted by atomic mass is 16.2. The summed E-state index contributed by atoms with van der Waals surface area (Å²) in [5, 5.41) is 6.83. The van der Waals surface area contributed by atoms with E-state index in [4.69, 9.17) is 5.73 Å². The SMILES string of the molecule is Cn1nccc1NC(=O)C1CCCC1N. The van der Waals surface area contributed by atoms with Gasteiger partial charge in [-0.15, -0.1) is 0 Å². The minimum Gasteiger partial charge on any atom is -0.327 e. The van der Waals surface area contributed by atoms with Gasteiger partial charge in [0.25, 0.3) is 0 Å². The van der Waals surface area contributed by atoms with E-state index >= 15 is 0 Å². The van der Waals surface area contributed by atoms with Gasteiger partial charge in [-0.05, 0) is 12.8 Å². The van der Waals surface area contributed by atoms with Crippen LogP contribution >= 0.6 is 0 Å². The quantitative estimate of drug-likeness (QED) is 0.742. The van der Waals surface area contributed by atoms with Gasteiger partial charge in [0.05, 0.1) is 12.1 Å². The summed E-state index contributed by atoms with van der Waals surface area (Å²) in [4.78, 5) is 11.8. The number of nitrogens with zero attached hydrogens (tertiary/aromatic N) is 2. The maximum absolute atomic E-state index is 11.8. The highest BCUT2D eigenvalue weighted by molar-refractivity contribution is 5.92. The molecule has 5 heteroatoms. The Hall–Kier alpha value is -1.36. The number of aromatic nitrogens is 2. The third-order valence-corrected chi connectivity index (χ3v) is 2.98. The Kier molecular flexibility index (Phi) is 2.73. The average Bonchev–Trinajstić information content (AvgIpc) is 2.76. The van der Waals surface area contributed by atoms with Crippen molar-refractivity contribution in [1.82, 2.24) is 9.78 Å². The Morgan fingerprint density at radius 1 is 1.67 bits per heavy atom. The van der Waals surface area contributed by atoms with Crippen LogP contribution in [0.1, 0.15) is 19.3 Å². The lowest BCUT2D eigenvalue weighted by molar-refractivity contribution is -0.120. The fraction of sp³-hybridized carbons (Fsp3) is 0.600. The third kappa shape index (κ3) is 2.02. The minimum atomic E-state index is -0.0418. The monoisotopic (exact) mass is 208 g/mol. The number of hydrogen-bond donors (Lipinski definition) is 2. The van der Waals surface area contributed by atoms with Crippen molar-refractivity contribution in [3.05, 3.63) is 12.3 Å². The van der Waals surface area contributed by atoms with Crippen LogP contribution in [0.4, 0.5) is 5.82 Å². The van der Waals surface area contributed by atoms with Gasteiger partial charge in [-0.3, -0.25) is 9.48 Å². The van der Waals surface area contributed by atoms with Crippen molar-refractivity contribution in [3.63, 3.8) is 0 Å². The van der Waals surface area contributed by atoms with E-state index in [-0.39, 0.29) is 17.9 Å². The molecule has 1 aliphatic rings. The molecule has 2 rings (SSSR count). The van der Waals surface area contributed by atoms with Crippen LogP contribution in [-0.2, 0) is 11.8 Å². The minimum absolute atomic E-state index is 0.0122. The van der Waals surface area contributed by atoms with Gasteiger partial charge in [-0.1, -0.05) is 6.42 Å². The Bertz CT molecular complexity index is 360. The van der Waals surface area contributed by atoms with E-state index in [0.717, 1.165) is 25.1 Å². The summed E-state index contributed by atoms with van der Waals surface area (Å²) >= 11 is 0. The lowest BCUT2D eigenvalue weighted by Crippen LogP contribution is -2.34. The predicted molar refractivity (Wildman–Crippen MR) is 57.2 cm³/mol. The Balaban J connectivity index is 2.01. The molecule has 15 heavy (non-hydrogen) atoms. The molecule has 2 atom stereocenters. The molecule has 1 fully saturated rings. The van der Waals surface area contributed by atoms with Gasteiger partial charge in [-0.2, -0.15) is 5.10 Å². The van der Waals surface area contributed by atoms with E-state index in [1.54, 1.807) is 24.0 Å². The summed E-state index contributed by atoms with van der Waals surface area (Å²) in [5.74, 6) is 0.697. The van der Waals surface area contributed by atoms with Crippen LogP contribution in [0.2, 0.25) is 0 Å². The Labute approximate surface area is 88.6 Å². The largest absolute Gasteiger partial charge is 0.327 e. The maximum atomic E-state index is 11.8. The molecule has 1 aromatic rings. The Morgan fingerprint density at radius 2 is 2.47 bits per heavy atom. The van der Waals surface area contributed by atoms with E-state index in [1.165, 1.54) is 0 Å². The Morgan fingerprint density at radius 3 is 3.00 bits per heavy atom. The van der Waals surface area contributed by atoms with Gasteiger partial charge in [0.15, 0.2) is 0 Å². The van der Waals surface area contributed by atoms with Crippen LogP contribution in [0.15, 0.2) is 12.3 Å². The first kappa shape index (κ1) is 10.2. The number of anilines is 1. The van der Waals surface area contributed by atoms with Crippen LogP contribution in [0, 0.1) is 5.92 Å². The van der Waals surface area contributed by atoms with Gasteiger partial charge in [-0.25, -0.2) is 0 Å². The van der Waals surface area contributed by atoms with Crippen molar-refractivity contribution in [3.8, 4) is 0 Å². The van der Waals surface area contributed by atoms with Crippen molar-refractivity contribution in [1.29, 1.82) is 0 Å². The number of carbonyl (C=O) groups excluding carboxylic acids is 1. The summed E-state index contributed by atoms with van der Waals surface area (Å²) < 4.78 is 1.64. The summed E-state index contributed by atoms with van der Waals surface area (Å²) in [6, 6.07) is 1.79. The maximum Gasteiger partial charge on any atom is 0.230 e. The summed E-state index contributed by atoms with van der Waals surface area (Å²) in [7, 11) is 1.80. The van der Waals surface area contributed by atoms with Gasteiger partial charge >= 0.3 is 0 Å². The van der Waals surface area contributed by atoms with Gasteiger partial charge in [0.1, 0.15) is 5.82 Å². The third-order valence-electron chi connectivity index (χ3n) is 2.98. The van der Waals surface area contributed by atoms with Crippen LogP contribution < -0.4 is 11.1 Å². The fourth-order valence-electron chi connectivity index (χ4n) is 2.03. The molecule has 0 spiro atoms. The van der Waals surface area contributed by atoms with Crippen LogP contribution in [0.25, 0.3) is 0 Å². The van der Waals surface area contributed by atoms with Gasteiger partial charge in [0.2, 0.25) is 5.91 Å². The number of nitrogens with two attached hydrogens (primary N) is 1. The summed E-state index contributed by atoms with van der Waals surface area (Å²) in [6.07, 6.45) is 4.54. The zero-order valence-electron chi connectivity index (χ0n) is 8.81. The summed E-state index contributed by atoms with van der Waals surface area (Å²) in [5.41, 5.74) is 5.86. The number of rotatable bonds is 2. The first-order valence-corrected chi connectivity index (χ1v) is 5.23. The molecule has 2 unspecified atom stereocenters. The summed E-state index contributed by atoms with van der Waals surface area (Å²) in [6.45, 7) is 0. The molecule has 0 saturated heterocycles. The second kappa shape index (κ2) is 4.02. The fourth-order valence-corrected chi connectivity index (χ4v) is 2.03. The lowest BCUT2D eigenvalue weighted by Gasteiger charge is -2.14. The first-order chi connectivity index (χ1) is 7.18. The number of aryl methyl sites for hydroxylation is 1. The van der Waals surface area contributed by atoms with Crippen molar-refractivity contribution in [2.75, 3.05) is 5.32 Å².